The molecule has 0 spiro atoms. The van der Waals surface area contributed by atoms with Crippen molar-refractivity contribution in [1.82, 2.24) is 4.98 Å². The van der Waals surface area contributed by atoms with Gasteiger partial charge in [-0.25, -0.2) is 4.98 Å². The van der Waals surface area contributed by atoms with E-state index in [1.165, 1.54) is 16.2 Å². The Morgan fingerprint density at radius 1 is 1.23 bits per heavy atom. The third kappa shape index (κ3) is 3.28. The van der Waals surface area contributed by atoms with E-state index in [2.05, 4.69) is 27.5 Å². The number of rotatable bonds is 5. The summed E-state index contributed by atoms with van der Waals surface area (Å²) in [4.78, 5) is 32.7. The Hall–Kier alpha value is -3.23. The molecule has 31 heavy (non-hydrogen) atoms. The van der Waals surface area contributed by atoms with Crippen molar-refractivity contribution < 1.29 is 13.9 Å². The van der Waals surface area contributed by atoms with Crippen LogP contribution in [0.4, 0.5) is 5.13 Å². The van der Waals surface area contributed by atoms with Crippen LogP contribution >= 0.6 is 27.3 Å². The Labute approximate surface area is 189 Å². The molecule has 3 heterocycles. The number of nitrogens with zero attached hydrogens (tertiary/aromatic N) is 2. The van der Waals surface area contributed by atoms with Crippen LogP contribution < -0.4 is 15.1 Å². The van der Waals surface area contributed by atoms with E-state index >= 15 is 0 Å². The molecule has 1 aliphatic rings. The zero-order chi connectivity index (χ0) is 21.5. The smallest absolute Gasteiger partial charge is 0.297 e. The summed E-state index contributed by atoms with van der Waals surface area (Å²) in [5, 5.41) is 2.70. The maximum Gasteiger partial charge on any atom is 0.297 e. The lowest BCUT2D eigenvalue weighted by Crippen LogP contribution is -2.29. The van der Waals surface area contributed by atoms with Gasteiger partial charge in [-0.1, -0.05) is 40.7 Å². The summed E-state index contributed by atoms with van der Waals surface area (Å²) in [6.45, 7) is 4.03. The van der Waals surface area contributed by atoms with Crippen LogP contribution in [0.3, 0.4) is 0 Å². The van der Waals surface area contributed by atoms with Crippen molar-refractivity contribution in [3.8, 4) is 5.75 Å². The van der Waals surface area contributed by atoms with E-state index in [4.69, 9.17) is 9.15 Å². The minimum absolute atomic E-state index is 0.0482. The number of fused-ring (bicyclic) bond motifs is 2. The minimum atomic E-state index is -0.651. The summed E-state index contributed by atoms with van der Waals surface area (Å²) in [6, 6.07) is 11.8. The Morgan fingerprint density at radius 3 is 2.74 bits per heavy atom. The van der Waals surface area contributed by atoms with Crippen LogP contribution in [0, 0.1) is 0 Å². The van der Waals surface area contributed by atoms with Crippen molar-refractivity contribution in [3.05, 3.63) is 98.3 Å². The number of anilines is 1. The number of amides is 1. The third-order valence-electron chi connectivity index (χ3n) is 5.02. The van der Waals surface area contributed by atoms with Gasteiger partial charge in [-0.2, -0.15) is 0 Å². The van der Waals surface area contributed by atoms with Gasteiger partial charge in [0.15, 0.2) is 10.6 Å². The zero-order valence-corrected chi connectivity index (χ0v) is 18.5. The van der Waals surface area contributed by atoms with Crippen molar-refractivity contribution in [1.29, 1.82) is 0 Å². The van der Waals surface area contributed by atoms with Gasteiger partial charge in [0.1, 0.15) is 17.9 Å². The van der Waals surface area contributed by atoms with E-state index in [0.29, 0.717) is 34.0 Å². The topological polar surface area (TPSA) is 72.6 Å². The molecule has 6 nitrogen and oxygen atoms in total. The first kappa shape index (κ1) is 19.7. The quantitative estimate of drug-likeness (QED) is 0.350. The molecule has 1 amide bonds. The van der Waals surface area contributed by atoms with Gasteiger partial charge in [-0.05, 0) is 35.9 Å². The monoisotopic (exact) mass is 494 g/mol. The Balaban J connectivity index is 1.72. The van der Waals surface area contributed by atoms with E-state index in [9.17, 15) is 9.59 Å². The van der Waals surface area contributed by atoms with Gasteiger partial charge in [0.2, 0.25) is 5.76 Å². The lowest BCUT2D eigenvalue weighted by molar-refractivity contribution is 0.0971. The summed E-state index contributed by atoms with van der Waals surface area (Å²) in [7, 11) is 0. The molecule has 0 N–H and O–H groups in total. The molecule has 154 valence electrons. The molecule has 0 aliphatic carbocycles. The number of hydrogen-bond acceptors (Lipinski definition) is 6. The van der Waals surface area contributed by atoms with E-state index in [1.807, 2.05) is 12.1 Å². The molecular weight excluding hydrogens is 480 g/mol. The molecule has 4 aromatic rings. The van der Waals surface area contributed by atoms with Crippen LogP contribution in [0.15, 0.2) is 80.4 Å². The van der Waals surface area contributed by atoms with Crippen molar-refractivity contribution in [3.63, 3.8) is 0 Å². The van der Waals surface area contributed by atoms with Crippen LogP contribution in [0.1, 0.15) is 27.7 Å². The molecule has 0 saturated heterocycles. The molecule has 0 saturated carbocycles. The molecule has 2 aromatic carbocycles. The fourth-order valence-corrected chi connectivity index (χ4v) is 4.72. The first-order valence-electron chi connectivity index (χ1n) is 9.41. The average molecular weight is 495 g/mol. The van der Waals surface area contributed by atoms with E-state index in [1.54, 1.807) is 48.0 Å². The van der Waals surface area contributed by atoms with Crippen LogP contribution in [-0.2, 0) is 0 Å². The molecule has 1 aliphatic heterocycles. The summed E-state index contributed by atoms with van der Waals surface area (Å²) < 4.78 is 12.3. The number of benzene rings is 2. The van der Waals surface area contributed by atoms with Gasteiger partial charge in [0, 0.05) is 16.0 Å². The second kappa shape index (κ2) is 7.79. The normalized spacial score (nSPS) is 15.3. The number of hydrogen-bond donors (Lipinski definition) is 0. The van der Waals surface area contributed by atoms with Gasteiger partial charge in [-0.15, -0.1) is 11.3 Å². The van der Waals surface area contributed by atoms with E-state index in [0.717, 1.165) is 10.0 Å². The number of carbonyl (C=O) groups excluding carboxylic acids is 1. The predicted molar refractivity (Wildman–Crippen MR) is 123 cm³/mol. The van der Waals surface area contributed by atoms with Gasteiger partial charge < -0.3 is 9.15 Å². The highest BCUT2D eigenvalue weighted by molar-refractivity contribution is 9.10. The standard InChI is InChI=1S/C23H15BrN2O4S/c1-2-10-29-15-6-3-13(4-7-15)19-18-20(27)16-12-14(24)5-8-17(16)30-21(18)22(28)26(19)23-25-9-11-31-23/h2-9,11-12,19H,1,10H2/t19-/m0/s1. The maximum atomic E-state index is 13.5. The summed E-state index contributed by atoms with van der Waals surface area (Å²) in [6.07, 6.45) is 3.29. The highest BCUT2D eigenvalue weighted by Gasteiger charge is 2.44. The number of carbonyl (C=O) groups is 1. The lowest BCUT2D eigenvalue weighted by Gasteiger charge is -2.22. The van der Waals surface area contributed by atoms with Gasteiger partial charge in [0.25, 0.3) is 5.91 Å². The highest BCUT2D eigenvalue weighted by atomic mass is 79.9. The molecule has 0 unspecified atom stereocenters. The van der Waals surface area contributed by atoms with E-state index < -0.39 is 6.04 Å². The maximum absolute atomic E-state index is 13.5. The second-order valence-electron chi connectivity index (χ2n) is 6.88. The predicted octanol–water partition coefficient (Wildman–Crippen LogP) is 5.33. The largest absolute Gasteiger partial charge is 0.490 e. The lowest BCUT2D eigenvalue weighted by atomic mass is 9.98. The number of halogens is 1. The second-order valence-corrected chi connectivity index (χ2v) is 8.66. The highest BCUT2D eigenvalue weighted by Crippen LogP contribution is 2.42. The Kier molecular flexibility index (Phi) is 4.95. The summed E-state index contributed by atoms with van der Waals surface area (Å²) >= 11 is 4.73. The molecule has 2 aromatic heterocycles. The van der Waals surface area contributed by atoms with Crippen molar-refractivity contribution in [2.24, 2.45) is 0 Å². The first-order valence-corrected chi connectivity index (χ1v) is 11.1. The number of ether oxygens (including phenoxy) is 1. The molecule has 5 rings (SSSR count). The molecular formula is C23H15BrN2O4S. The fraction of sp³-hybridized carbons (Fsp3) is 0.0870. The van der Waals surface area contributed by atoms with Crippen LogP contribution in [-0.4, -0.2) is 17.5 Å². The molecule has 1 atom stereocenters. The summed E-state index contributed by atoms with van der Waals surface area (Å²) in [5.74, 6) is 0.333. The zero-order valence-electron chi connectivity index (χ0n) is 16.1. The first-order chi connectivity index (χ1) is 15.1. The van der Waals surface area contributed by atoms with Gasteiger partial charge in [0.05, 0.1) is 17.0 Å². The van der Waals surface area contributed by atoms with Crippen LogP contribution in [0.25, 0.3) is 11.0 Å². The van der Waals surface area contributed by atoms with Crippen molar-refractivity contribution in [2.45, 2.75) is 6.04 Å². The average Bonchev–Trinajstić information content (AvgIpc) is 3.40. The molecule has 8 heteroatoms. The fourth-order valence-electron chi connectivity index (χ4n) is 3.69. The summed E-state index contributed by atoms with van der Waals surface area (Å²) in [5.41, 5.74) is 1.20. The van der Waals surface area contributed by atoms with E-state index in [-0.39, 0.29) is 17.1 Å². The SMILES string of the molecule is C=CCOc1ccc([C@H]2c3c(oc4ccc(Br)cc4c3=O)C(=O)N2c2nccs2)cc1. The Morgan fingerprint density at radius 2 is 2.03 bits per heavy atom. The van der Waals surface area contributed by atoms with Crippen LogP contribution in [0.5, 0.6) is 5.75 Å². The Bertz CT molecular complexity index is 1360. The van der Waals surface area contributed by atoms with Gasteiger partial charge in [-0.3, -0.25) is 14.5 Å². The minimum Gasteiger partial charge on any atom is -0.490 e. The van der Waals surface area contributed by atoms with Crippen molar-refractivity contribution in [2.75, 3.05) is 11.5 Å². The number of aromatic nitrogens is 1. The molecule has 0 bridgehead atoms. The molecule has 0 radical (unpaired) electrons. The molecule has 0 fully saturated rings. The van der Waals surface area contributed by atoms with Crippen molar-refractivity contribution >= 4 is 49.3 Å². The number of thiazole rings is 1. The van der Waals surface area contributed by atoms with Crippen LogP contribution in [0.2, 0.25) is 0 Å². The third-order valence-corrected chi connectivity index (χ3v) is 6.29. The van der Waals surface area contributed by atoms with Gasteiger partial charge >= 0.3 is 0 Å².